The third-order valence-electron chi connectivity index (χ3n) is 3.69. The average molecular weight is 297 g/mol. The maximum Gasteiger partial charge on any atom is 0.120 e. The Morgan fingerprint density at radius 2 is 2.00 bits per heavy atom. The summed E-state index contributed by atoms with van der Waals surface area (Å²) in [4.78, 5) is 0.628. The number of benzene rings is 1. The molecule has 0 spiro atoms. The predicted molar refractivity (Wildman–Crippen MR) is 81.5 cm³/mol. The Bertz CT molecular complexity index is 540. The Morgan fingerprint density at radius 3 is 2.50 bits per heavy atom. The van der Waals surface area contributed by atoms with E-state index in [9.17, 15) is 4.21 Å². The molecule has 1 aliphatic rings. The highest BCUT2D eigenvalue weighted by atomic mass is 32.2. The number of rotatable bonds is 3. The van der Waals surface area contributed by atoms with Gasteiger partial charge in [-0.2, -0.15) is 0 Å². The van der Waals surface area contributed by atoms with E-state index in [1.807, 2.05) is 27.7 Å². The molecule has 1 heterocycles. The molecule has 20 heavy (non-hydrogen) atoms. The molecule has 0 aliphatic carbocycles. The largest absolute Gasteiger partial charge is 0.497 e. The molecule has 2 N–H and O–H groups in total. The summed E-state index contributed by atoms with van der Waals surface area (Å²) in [5, 5.41) is -0.0908. The second kappa shape index (κ2) is 5.04. The first-order chi connectivity index (χ1) is 9.16. The fourth-order valence-corrected chi connectivity index (χ4v) is 4.77. The van der Waals surface area contributed by atoms with Crippen molar-refractivity contribution in [2.75, 3.05) is 12.8 Å². The molecule has 1 aromatic rings. The first-order valence-electron chi connectivity index (χ1n) is 6.70. The Morgan fingerprint density at radius 1 is 1.35 bits per heavy atom. The fourth-order valence-electron chi connectivity index (χ4n) is 2.81. The van der Waals surface area contributed by atoms with Crippen LogP contribution >= 0.6 is 0 Å². The summed E-state index contributed by atoms with van der Waals surface area (Å²) in [6, 6.07) is 5.27. The van der Waals surface area contributed by atoms with Crippen molar-refractivity contribution < 1.29 is 13.7 Å². The fraction of sp³-hybridized carbons (Fsp3) is 0.600. The van der Waals surface area contributed by atoms with E-state index in [1.165, 1.54) is 0 Å². The van der Waals surface area contributed by atoms with E-state index in [0.29, 0.717) is 16.3 Å². The van der Waals surface area contributed by atoms with Gasteiger partial charge in [-0.3, -0.25) is 4.21 Å². The van der Waals surface area contributed by atoms with E-state index in [1.54, 1.807) is 25.3 Å². The zero-order chi connectivity index (χ0) is 15.1. The minimum Gasteiger partial charge on any atom is -0.497 e. The molecule has 0 aromatic heterocycles. The molecule has 2 rings (SSSR count). The molecule has 5 heteroatoms. The molecule has 112 valence electrons. The number of nitrogen functional groups attached to an aromatic ring is 1. The van der Waals surface area contributed by atoms with Crippen LogP contribution in [0.5, 0.6) is 5.75 Å². The highest BCUT2D eigenvalue weighted by Gasteiger charge is 2.49. The van der Waals surface area contributed by atoms with Gasteiger partial charge in [0.05, 0.1) is 39.3 Å². The maximum atomic E-state index is 12.9. The van der Waals surface area contributed by atoms with Crippen LogP contribution in [0, 0.1) is 0 Å². The van der Waals surface area contributed by atoms with Gasteiger partial charge in [-0.15, -0.1) is 0 Å². The first-order valence-corrected chi connectivity index (χ1v) is 7.92. The van der Waals surface area contributed by atoms with Crippen LogP contribution in [0.15, 0.2) is 23.1 Å². The summed E-state index contributed by atoms with van der Waals surface area (Å²) in [7, 11) is 0.359. The minimum absolute atomic E-state index is 0.0908. The second-order valence-electron chi connectivity index (χ2n) is 6.36. The van der Waals surface area contributed by atoms with Crippen LogP contribution in [0.1, 0.15) is 34.1 Å². The Balaban J connectivity index is 2.37. The first kappa shape index (κ1) is 15.3. The van der Waals surface area contributed by atoms with Crippen molar-refractivity contribution in [3.63, 3.8) is 0 Å². The van der Waals surface area contributed by atoms with Crippen molar-refractivity contribution in [2.24, 2.45) is 0 Å². The molecule has 2 atom stereocenters. The van der Waals surface area contributed by atoms with Crippen molar-refractivity contribution in [1.82, 2.24) is 0 Å². The third-order valence-corrected chi connectivity index (χ3v) is 5.73. The average Bonchev–Trinajstić information content (AvgIpc) is 2.57. The summed E-state index contributed by atoms with van der Waals surface area (Å²) in [6.45, 7) is 8.03. The SMILES string of the molecule is COc1ccc(N)c(S(=O)C2CC(C)(C)OC2(C)C)c1. The molecule has 0 bridgehead atoms. The zero-order valence-corrected chi connectivity index (χ0v) is 13.5. The van der Waals surface area contributed by atoms with Gasteiger partial charge in [0.1, 0.15) is 5.75 Å². The molecule has 1 aromatic carbocycles. The number of ether oxygens (including phenoxy) is 2. The Hall–Kier alpha value is -1.07. The molecule has 2 unspecified atom stereocenters. The molecule has 0 radical (unpaired) electrons. The van der Waals surface area contributed by atoms with E-state index in [0.717, 1.165) is 6.42 Å². The lowest BCUT2D eigenvalue weighted by atomic mass is 10.0. The van der Waals surface area contributed by atoms with Gasteiger partial charge in [0, 0.05) is 5.69 Å². The summed E-state index contributed by atoms with van der Waals surface area (Å²) < 4.78 is 24.2. The van der Waals surface area contributed by atoms with Crippen molar-refractivity contribution in [3.05, 3.63) is 18.2 Å². The summed E-state index contributed by atoms with van der Waals surface area (Å²) in [5.74, 6) is 0.665. The van der Waals surface area contributed by atoms with E-state index >= 15 is 0 Å². The number of nitrogens with two attached hydrogens (primary N) is 1. The van der Waals surface area contributed by atoms with Gasteiger partial charge in [-0.05, 0) is 52.3 Å². The van der Waals surface area contributed by atoms with Crippen LogP contribution in [0.4, 0.5) is 5.69 Å². The predicted octanol–water partition coefficient (Wildman–Crippen LogP) is 2.73. The quantitative estimate of drug-likeness (QED) is 0.871. The summed E-state index contributed by atoms with van der Waals surface area (Å²) in [6.07, 6.45) is 0.739. The number of anilines is 1. The van der Waals surface area contributed by atoms with Crippen molar-refractivity contribution in [1.29, 1.82) is 0 Å². The van der Waals surface area contributed by atoms with Gasteiger partial charge in [0.2, 0.25) is 0 Å². The van der Waals surface area contributed by atoms with Crippen LogP contribution < -0.4 is 10.5 Å². The van der Waals surface area contributed by atoms with Gasteiger partial charge in [0.25, 0.3) is 0 Å². The van der Waals surface area contributed by atoms with Crippen molar-refractivity contribution >= 4 is 16.5 Å². The van der Waals surface area contributed by atoms with Crippen LogP contribution in [-0.2, 0) is 15.5 Å². The maximum absolute atomic E-state index is 12.9. The van der Waals surface area contributed by atoms with Crippen LogP contribution in [0.25, 0.3) is 0 Å². The summed E-state index contributed by atoms with van der Waals surface area (Å²) >= 11 is 0. The smallest absolute Gasteiger partial charge is 0.120 e. The minimum atomic E-state index is -1.23. The normalized spacial score (nSPS) is 25.4. The highest BCUT2D eigenvalue weighted by Crippen LogP contribution is 2.42. The molecule has 1 aliphatic heterocycles. The third kappa shape index (κ3) is 2.83. The summed E-state index contributed by atoms with van der Waals surface area (Å²) in [5.41, 5.74) is 5.80. The zero-order valence-electron chi connectivity index (χ0n) is 12.7. The van der Waals surface area contributed by atoms with E-state index in [-0.39, 0.29) is 10.9 Å². The Kier molecular flexibility index (Phi) is 3.86. The lowest BCUT2D eigenvalue weighted by Crippen LogP contribution is -2.36. The second-order valence-corrected chi connectivity index (χ2v) is 7.96. The lowest BCUT2D eigenvalue weighted by molar-refractivity contribution is -0.0633. The standard InChI is InChI=1S/C15H23NO3S/c1-14(2)9-13(15(3,4)19-14)20(17)12-8-10(18-5)6-7-11(12)16/h6-8,13H,9,16H2,1-5H3. The molecular weight excluding hydrogens is 274 g/mol. The van der Waals surface area contributed by atoms with Crippen LogP contribution in [-0.4, -0.2) is 27.8 Å². The topological polar surface area (TPSA) is 61.5 Å². The monoisotopic (exact) mass is 297 g/mol. The molecule has 0 amide bonds. The van der Waals surface area contributed by atoms with E-state index in [4.69, 9.17) is 15.2 Å². The number of hydrogen-bond acceptors (Lipinski definition) is 4. The van der Waals surface area contributed by atoms with Gasteiger partial charge >= 0.3 is 0 Å². The van der Waals surface area contributed by atoms with Gasteiger partial charge in [0.15, 0.2) is 0 Å². The molecule has 1 fully saturated rings. The van der Waals surface area contributed by atoms with Crippen molar-refractivity contribution in [2.45, 2.75) is 55.5 Å². The van der Waals surface area contributed by atoms with Gasteiger partial charge < -0.3 is 15.2 Å². The van der Waals surface area contributed by atoms with Gasteiger partial charge in [-0.1, -0.05) is 0 Å². The molecule has 4 nitrogen and oxygen atoms in total. The number of hydrogen-bond donors (Lipinski definition) is 1. The van der Waals surface area contributed by atoms with Crippen LogP contribution in [0.3, 0.4) is 0 Å². The van der Waals surface area contributed by atoms with Crippen LogP contribution in [0.2, 0.25) is 0 Å². The van der Waals surface area contributed by atoms with Crippen molar-refractivity contribution in [3.8, 4) is 5.75 Å². The molecule has 1 saturated heterocycles. The van der Waals surface area contributed by atoms with E-state index in [2.05, 4.69) is 0 Å². The van der Waals surface area contributed by atoms with Gasteiger partial charge in [-0.25, -0.2) is 0 Å². The lowest BCUT2D eigenvalue weighted by Gasteiger charge is -2.27. The number of methoxy groups -OCH3 is 1. The Labute approximate surface area is 123 Å². The highest BCUT2D eigenvalue weighted by molar-refractivity contribution is 7.86. The van der Waals surface area contributed by atoms with E-state index < -0.39 is 16.4 Å². The molecule has 0 saturated carbocycles. The molecular formula is C15H23NO3S.